The number of amides is 1. The van der Waals surface area contributed by atoms with Crippen molar-refractivity contribution in [3.63, 3.8) is 0 Å². The maximum atomic E-state index is 13.7. The van der Waals surface area contributed by atoms with Gasteiger partial charge in [0.05, 0.1) is 18.1 Å². The fourth-order valence-corrected chi connectivity index (χ4v) is 8.75. The lowest BCUT2D eigenvalue weighted by Crippen LogP contribution is -2.41. The van der Waals surface area contributed by atoms with Crippen molar-refractivity contribution in [1.82, 2.24) is 4.90 Å². The highest BCUT2D eigenvalue weighted by Gasteiger charge is 2.39. The van der Waals surface area contributed by atoms with Crippen LogP contribution in [0.1, 0.15) is 75.3 Å². The van der Waals surface area contributed by atoms with Crippen LogP contribution < -0.4 is 4.74 Å². The molecule has 1 saturated heterocycles. The van der Waals surface area contributed by atoms with E-state index >= 15 is 0 Å². The van der Waals surface area contributed by atoms with Crippen molar-refractivity contribution in [2.75, 3.05) is 0 Å². The van der Waals surface area contributed by atoms with E-state index in [-0.39, 0.29) is 11.9 Å². The van der Waals surface area contributed by atoms with Crippen molar-refractivity contribution in [2.45, 2.75) is 82.9 Å². The first kappa shape index (κ1) is 27.8. The van der Waals surface area contributed by atoms with Crippen LogP contribution >= 0.6 is 68.5 Å². The average Bonchev–Trinajstić information content (AvgIpc) is 3.19. The van der Waals surface area contributed by atoms with Gasteiger partial charge >= 0.3 is 0 Å². The summed E-state index contributed by atoms with van der Waals surface area (Å²) in [5.74, 6) is 0.965. The van der Waals surface area contributed by atoms with Gasteiger partial charge in [-0.2, -0.15) is 0 Å². The predicted octanol–water partition coefficient (Wildman–Crippen LogP) is 9.07. The van der Waals surface area contributed by atoms with Crippen molar-refractivity contribution >= 4 is 85.7 Å². The van der Waals surface area contributed by atoms with Crippen LogP contribution in [-0.2, 0) is 11.4 Å². The predicted molar refractivity (Wildman–Crippen MR) is 171 cm³/mol. The number of thioether (sulfide) groups is 1. The molecule has 196 valence electrons. The zero-order valence-corrected chi connectivity index (χ0v) is 26.6. The summed E-state index contributed by atoms with van der Waals surface area (Å²) in [7, 11) is 0. The standard InChI is InChI=1S/C29H31ClI2N2O2S/c30-23-14-8-7-9-20(23)18-36-27-24(31)15-19(16-25(27)32)17-26-28(35)34(22-12-5-2-6-13-22)29(37-26)33-21-10-3-1-4-11-21/h7-9,14-17,21-22H,1-6,10-13,18H2. The van der Waals surface area contributed by atoms with Gasteiger partial charge in [-0.3, -0.25) is 14.7 Å². The Morgan fingerprint density at radius 1 is 1.00 bits per heavy atom. The van der Waals surface area contributed by atoms with Gasteiger partial charge in [0.1, 0.15) is 12.4 Å². The largest absolute Gasteiger partial charge is 0.487 e. The maximum absolute atomic E-state index is 13.7. The molecule has 0 N–H and O–H groups in total. The van der Waals surface area contributed by atoms with Crippen molar-refractivity contribution in [3.8, 4) is 5.75 Å². The van der Waals surface area contributed by atoms with Crippen molar-refractivity contribution in [2.24, 2.45) is 4.99 Å². The summed E-state index contributed by atoms with van der Waals surface area (Å²) in [4.78, 5) is 21.7. The molecule has 8 heteroatoms. The van der Waals surface area contributed by atoms with E-state index in [0.29, 0.717) is 17.7 Å². The molecular weight excluding hydrogens is 730 g/mol. The number of rotatable bonds is 6. The molecule has 2 aromatic rings. The summed E-state index contributed by atoms with van der Waals surface area (Å²) in [5, 5.41) is 1.64. The van der Waals surface area contributed by atoms with Gasteiger partial charge in [0.25, 0.3) is 5.91 Å². The molecule has 0 radical (unpaired) electrons. The number of halogens is 3. The average molecular weight is 761 g/mol. The minimum atomic E-state index is 0.121. The summed E-state index contributed by atoms with van der Waals surface area (Å²) in [6.07, 6.45) is 13.9. The van der Waals surface area contributed by atoms with E-state index < -0.39 is 0 Å². The monoisotopic (exact) mass is 760 g/mol. The molecule has 1 aliphatic heterocycles. The van der Waals surface area contributed by atoms with Gasteiger partial charge < -0.3 is 4.74 Å². The van der Waals surface area contributed by atoms with Gasteiger partial charge in [-0.25, -0.2) is 0 Å². The minimum Gasteiger partial charge on any atom is -0.487 e. The summed E-state index contributed by atoms with van der Waals surface area (Å²) < 4.78 is 8.19. The van der Waals surface area contributed by atoms with Gasteiger partial charge in [0.2, 0.25) is 0 Å². The van der Waals surface area contributed by atoms with Crippen molar-refractivity contribution in [1.29, 1.82) is 0 Å². The summed E-state index contributed by atoms with van der Waals surface area (Å²) in [6, 6.07) is 12.6. The number of ether oxygens (including phenoxy) is 1. The second-order valence-electron chi connectivity index (χ2n) is 9.97. The second kappa shape index (κ2) is 13.0. The first-order valence-electron chi connectivity index (χ1n) is 13.2. The van der Waals surface area contributed by atoms with Crippen LogP contribution in [0.3, 0.4) is 0 Å². The lowest BCUT2D eigenvalue weighted by molar-refractivity contribution is -0.124. The third-order valence-electron chi connectivity index (χ3n) is 7.29. The fraction of sp³-hybridized carbons (Fsp3) is 0.448. The molecule has 1 heterocycles. The first-order chi connectivity index (χ1) is 18.0. The van der Waals surface area contributed by atoms with Gasteiger partial charge in [-0.15, -0.1) is 0 Å². The lowest BCUT2D eigenvalue weighted by atomic mass is 9.94. The number of carbonyl (C=O) groups is 1. The van der Waals surface area contributed by atoms with Gasteiger partial charge in [0, 0.05) is 16.6 Å². The molecule has 37 heavy (non-hydrogen) atoms. The molecule has 0 aromatic heterocycles. The molecule has 5 rings (SSSR count). The molecule has 3 aliphatic rings. The zero-order chi connectivity index (χ0) is 25.8. The van der Waals surface area contributed by atoms with E-state index in [0.717, 1.165) is 59.8 Å². The molecule has 0 spiro atoms. The summed E-state index contributed by atoms with van der Waals surface area (Å²) in [5.41, 5.74) is 1.97. The smallest absolute Gasteiger partial charge is 0.266 e. The topological polar surface area (TPSA) is 41.9 Å². The number of nitrogens with zero attached hydrogens (tertiary/aromatic N) is 2. The molecule has 2 aromatic carbocycles. The van der Waals surface area contributed by atoms with E-state index in [1.807, 2.05) is 35.2 Å². The number of aliphatic imine (C=N–C) groups is 1. The molecule has 2 saturated carbocycles. The van der Waals surface area contributed by atoms with Crippen molar-refractivity contribution in [3.05, 3.63) is 64.6 Å². The lowest BCUT2D eigenvalue weighted by Gasteiger charge is -2.31. The Hall–Kier alpha value is -0.780. The van der Waals surface area contributed by atoms with Crippen LogP contribution in [0.5, 0.6) is 5.75 Å². The van der Waals surface area contributed by atoms with Crippen LogP contribution in [-0.4, -0.2) is 28.1 Å². The summed E-state index contributed by atoms with van der Waals surface area (Å²) >= 11 is 12.5. The van der Waals surface area contributed by atoms with Crippen LogP contribution in [0.2, 0.25) is 5.02 Å². The maximum Gasteiger partial charge on any atom is 0.266 e. The molecule has 4 nitrogen and oxygen atoms in total. The molecule has 0 atom stereocenters. The van der Waals surface area contributed by atoms with Gasteiger partial charge in [-0.1, -0.05) is 68.3 Å². The molecular formula is C29H31ClI2N2O2S. The van der Waals surface area contributed by atoms with E-state index in [9.17, 15) is 4.79 Å². The van der Waals surface area contributed by atoms with E-state index in [4.69, 9.17) is 21.3 Å². The fourth-order valence-electron chi connectivity index (χ4n) is 5.32. The van der Waals surface area contributed by atoms with Crippen LogP contribution in [0.15, 0.2) is 46.3 Å². The Morgan fingerprint density at radius 2 is 1.65 bits per heavy atom. The number of hydrogen-bond acceptors (Lipinski definition) is 4. The van der Waals surface area contributed by atoms with Gasteiger partial charge in [0.15, 0.2) is 5.17 Å². The van der Waals surface area contributed by atoms with Crippen LogP contribution in [0.4, 0.5) is 0 Å². The molecule has 0 bridgehead atoms. The SMILES string of the molecule is O=C1C(=Cc2cc(I)c(OCc3ccccc3Cl)c(I)c2)SC(=NC2CCCCC2)N1C1CCCCC1. The molecule has 3 fully saturated rings. The molecule has 2 aliphatic carbocycles. The Labute approximate surface area is 256 Å². The first-order valence-corrected chi connectivity index (χ1v) is 16.5. The minimum absolute atomic E-state index is 0.121. The molecule has 1 amide bonds. The van der Waals surface area contributed by atoms with E-state index in [2.05, 4.69) is 57.3 Å². The Morgan fingerprint density at radius 3 is 2.32 bits per heavy atom. The van der Waals surface area contributed by atoms with Crippen molar-refractivity contribution < 1.29 is 9.53 Å². The third-order valence-corrected chi connectivity index (χ3v) is 10.3. The highest BCUT2D eigenvalue weighted by molar-refractivity contribution is 14.1. The quantitative estimate of drug-likeness (QED) is 0.218. The number of carbonyl (C=O) groups excluding carboxylic acids is 1. The Kier molecular flexibility index (Phi) is 9.80. The highest BCUT2D eigenvalue weighted by Crippen LogP contribution is 2.39. The van der Waals surface area contributed by atoms with Gasteiger partial charge in [-0.05, 0) is 112 Å². The molecule has 0 unspecified atom stereocenters. The van der Waals surface area contributed by atoms with E-state index in [1.54, 1.807) is 11.8 Å². The number of benzene rings is 2. The van der Waals surface area contributed by atoms with Crippen LogP contribution in [0, 0.1) is 7.14 Å². The summed E-state index contributed by atoms with van der Waals surface area (Å²) in [6.45, 7) is 0.414. The van der Waals surface area contributed by atoms with E-state index in [1.165, 1.54) is 38.5 Å². The third kappa shape index (κ3) is 6.87. The zero-order valence-electron chi connectivity index (χ0n) is 20.7. The Bertz CT molecular complexity index is 1180. The number of hydrogen-bond donors (Lipinski definition) is 0. The highest BCUT2D eigenvalue weighted by atomic mass is 127. The second-order valence-corrected chi connectivity index (χ2v) is 13.7. The number of amidine groups is 1. The Balaban J connectivity index is 1.38. The van der Waals surface area contributed by atoms with Crippen LogP contribution in [0.25, 0.3) is 6.08 Å². The normalized spacial score (nSPS) is 21.8.